The van der Waals surface area contributed by atoms with Crippen molar-refractivity contribution in [2.45, 2.75) is 12.8 Å². The van der Waals surface area contributed by atoms with Crippen LogP contribution in [-0.2, 0) is 4.79 Å². The summed E-state index contributed by atoms with van der Waals surface area (Å²) in [7, 11) is 0. The lowest BCUT2D eigenvalue weighted by Crippen LogP contribution is -1.98. The van der Waals surface area contributed by atoms with Crippen molar-refractivity contribution in [3.05, 3.63) is 11.8 Å². The Morgan fingerprint density at radius 2 is 2.70 bits per heavy atom. The first-order valence-electron chi connectivity index (χ1n) is 2.95. The summed E-state index contributed by atoms with van der Waals surface area (Å²) in [5, 5.41) is 8.16. The number of allylic oxidation sites excluding steroid dienone is 1. The van der Waals surface area contributed by atoms with Gasteiger partial charge in [0.05, 0.1) is 12.5 Å². The average molecular weight is 134 g/mol. The molecule has 1 aliphatic heterocycles. The average Bonchev–Trinajstić information content (AvgIpc) is 2.38. The Labute approximate surface area is 58.7 Å². The van der Waals surface area contributed by atoms with Gasteiger partial charge < -0.3 is 0 Å². The van der Waals surface area contributed by atoms with Gasteiger partial charge in [0.25, 0.3) is 0 Å². The van der Waals surface area contributed by atoms with Crippen LogP contribution in [0.3, 0.4) is 0 Å². The molecule has 3 heteroatoms. The van der Waals surface area contributed by atoms with E-state index in [1.165, 1.54) is 6.20 Å². The van der Waals surface area contributed by atoms with Gasteiger partial charge in [-0.05, 0) is 0 Å². The molecule has 0 N–H and O–H groups in total. The van der Waals surface area contributed by atoms with Crippen molar-refractivity contribution in [2.75, 3.05) is 0 Å². The summed E-state index contributed by atoms with van der Waals surface area (Å²) in [4.78, 5) is 14.6. The normalized spacial score (nSPS) is 14.5. The quantitative estimate of drug-likeness (QED) is 0.561. The number of nitriles is 1. The van der Waals surface area contributed by atoms with E-state index in [1.807, 2.05) is 0 Å². The van der Waals surface area contributed by atoms with Gasteiger partial charge in [-0.15, -0.1) is 0 Å². The fourth-order valence-corrected chi connectivity index (χ4v) is 0.718. The van der Waals surface area contributed by atoms with Gasteiger partial charge in [0.1, 0.15) is 0 Å². The molecule has 50 valence electrons. The first-order valence-corrected chi connectivity index (χ1v) is 2.95. The Morgan fingerprint density at radius 1 is 1.90 bits per heavy atom. The summed E-state index contributed by atoms with van der Waals surface area (Å²) >= 11 is 0. The minimum absolute atomic E-state index is 0.0325. The van der Waals surface area contributed by atoms with Crippen LogP contribution < -0.4 is 0 Å². The van der Waals surface area contributed by atoms with E-state index in [4.69, 9.17) is 5.26 Å². The zero-order valence-corrected chi connectivity index (χ0v) is 5.37. The number of hydrogen-bond donors (Lipinski definition) is 0. The van der Waals surface area contributed by atoms with E-state index >= 15 is 0 Å². The molecule has 0 aromatic heterocycles. The first-order chi connectivity index (χ1) is 4.84. The molecule has 3 nitrogen and oxygen atoms in total. The maximum atomic E-state index is 10.9. The van der Waals surface area contributed by atoms with Crippen LogP contribution in [0.2, 0.25) is 0 Å². The fourth-order valence-electron chi connectivity index (χ4n) is 0.718. The summed E-state index contributed by atoms with van der Waals surface area (Å²) < 4.78 is 0. The second kappa shape index (κ2) is 2.92. The largest absolute Gasteiger partial charge is 0.293 e. The molecule has 0 unspecified atom stereocenters. The number of hydrogen-bond acceptors (Lipinski definition) is 3. The molecule has 0 saturated carbocycles. The molecular weight excluding hydrogens is 128 g/mol. The van der Waals surface area contributed by atoms with E-state index in [0.717, 1.165) is 0 Å². The summed E-state index contributed by atoms with van der Waals surface area (Å²) in [6, 6.07) is 1.80. The van der Waals surface area contributed by atoms with Gasteiger partial charge in [-0.1, -0.05) is 0 Å². The molecule has 0 aromatic carbocycles. The van der Waals surface area contributed by atoms with Crippen molar-refractivity contribution < 1.29 is 4.79 Å². The van der Waals surface area contributed by atoms with Gasteiger partial charge in [0.2, 0.25) is 0 Å². The zero-order chi connectivity index (χ0) is 7.40. The van der Waals surface area contributed by atoms with Crippen LogP contribution in [0.5, 0.6) is 0 Å². The number of nitrogens with zero attached hydrogens (tertiary/aromatic N) is 2. The second-order valence-electron chi connectivity index (χ2n) is 1.95. The van der Waals surface area contributed by atoms with Crippen molar-refractivity contribution in [3.8, 4) is 6.07 Å². The van der Waals surface area contributed by atoms with E-state index in [1.54, 1.807) is 12.3 Å². The van der Waals surface area contributed by atoms with Gasteiger partial charge >= 0.3 is 0 Å². The molecular formula is C7H6N2O. The monoisotopic (exact) mass is 134 g/mol. The van der Waals surface area contributed by atoms with Gasteiger partial charge in [0.15, 0.2) is 5.78 Å². The summed E-state index contributed by atoms with van der Waals surface area (Å²) in [5.74, 6) is -0.111. The van der Waals surface area contributed by atoms with Gasteiger partial charge in [-0.25, -0.2) is 0 Å². The molecule has 10 heavy (non-hydrogen) atoms. The van der Waals surface area contributed by atoms with Crippen molar-refractivity contribution in [3.63, 3.8) is 0 Å². The summed E-state index contributed by atoms with van der Waals surface area (Å²) in [6.45, 7) is 0. The second-order valence-corrected chi connectivity index (χ2v) is 1.95. The van der Waals surface area contributed by atoms with E-state index in [9.17, 15) is 4.79 Å². The third-order valence-corrected chi connectivity index (χ3v) is 1.24. The van der Waals surface area contributed by atoms with Gasteiger partial charge in [-0.3, -0.25) is 9.79 Å². The number of Topliss-reactive ketones (excluding diaryl/α,β-unsaturated/α-hetero) is 1. The Balaban J connectivity index is 2.53. The molecule has 0 amide bonds. The highest BCUT2D eigenvalue weighted by Crippen LogP contribution is 2.08. The van der Waals surface area contributed by atoms with E-state index < -0.39 is 0 Å². The molecule has 1 heterocycles. The molecule has 1 rings (SSSR count). The standard InChI is InChI=1S/C7H6N2O/c8-3-1-7(10)6-2-4-9-5-6/h4-5H,1-2H2. The van der Waals surface area contributed by atoms with Crippen LogP contribution in [0.4, 0.5) is 0 Å². The lowest BCUT2D eigenvalue weighted by atomic mass is 10.1. The molecule has 0 saturated heterocycles. The Kier molecular flexibility index (Phi) is 1.96. The Hall–Kier alpha value is -1.43. The molecule has 0 aliphatic carbocycles. The van der Waals surface area contributed by atoms with Crippen LogP contribution in [-0.4, -0.2) is 12.0 Å². The van der Waals surface area contributed by atoms with Crippen molar-refractivity contribution in [1.29, 1.82) is 5.26 Å². The predicted molar refractivity (Wildman–Crippen MR) is 36.4 cm³/mol. The Morgan fingerprint density at radius 3 is 3.20 bits per heavy atom. The minimum Gasteiger partial charge on any atom is -0.293 e. The maximum Gasteiger partial charge on any atom is 0.174 e. The van der Waals surface area contributed by atoms with E-state index in [0.29, 0.717) is 12.0 Å². The van der Waals surface area contributed by atoms with E-state index in [-0.39, 0.29) is 12.2 Å². The van der Waals surface area contributed by atoms with Gasteiger partial charge in [-0.2, -0.15) is 5.26 Å². The highest BCUT2D eigenvalue weighted by Gasteiger charge is 2.09. The number of ketones is 1. The molecule has 0 atom stereocenters. The van der Waals surface area contributed by atoms with E-state index in [2.05, 4.69) is 4.99 Å². The van der Waals surface area contributed by atoms with Crippen molar-refractivity contribution >= 4 is 12.0 Å². The topological polar surface area (TPSA) is 53.2 Å². The Bertz CT molecular complexity index is 245. The minimum atomic E-state index is -0.111. The lowest BCUT2D eigenvalue weighted by molar-refractivity contribution is -0.114. The van der Waals surface area contributed by atoms with Crippen LogP contribution in [0.15, 0.2) is 16.8 Å². The summed E-state index contributed by atoms with van der Waals surface area (Å²) in [6.07, 6.45) is 3.72. The molecule has 1 aliphatic rings. The predicted octanol–water partition coefficient (Wildman–Crippen LogP) is 0.828. The summed E-state index contributed by atoms with van der Waals surface area (Å²) in [5.41, 5.74) is 0.640. The zero-order valence-electron chi connectivity index (χ0n) is 5.37. The first kappa shape index (κ1) is 6.69. The molecule has 0 radical (unpaired) electrons. The van der Waals surface area contributed by atoms with Gasteiger partial charge in [0, 0.05) is 24.4 Å². The number of carbonyl (C=O) groups excluding carboxylic acids is 1. The highest BCUT2D eigenvalue weighted by atomic mass is 16.1. The molecule has 0 spiro atoms. The van der Waals surface area contributed by atoms with Crippen LogP contribution in [0.1, 0.15) is 12.8 Å². The number of rotatable bonds is 2. The highest BCUT2D eigenvalue weighted by molar-refractivity contribution is 6.00. The molecule has 0 aromatic rings. The lowest BCUT2D eigenvalue weighted by Gasteiger charge is -1.90. The van der Waals surface area contributed by atoms with Crippen LogP contribution in [0, 0.1) is 11.3 Å². The van der Waals surface area contributed by atoms with Crippen LogP contribution >= 0.6 is 0 Å². The molecule has 0 fully saturated rings. The third-order valence-electron chi connectivity index (χ3n) is 1.24. The molecule has 0 bridgehead atoms. The smallest absolute Gasteiger partial charge is 0.174 e. The number of carbonyl (C=O) groups is 1. The number of aliphatic imine (C=N–C) groups is 1. The van der Waals surface area contributed by atoms with Crippen LogP contribution in [0.25, 0.3) is 0 Å². The fraction of sp³-hybridized carbons (Fsp3) is 0.286. The maximum absolute atomic E-state index is 10.9. The van der Waals surface area contributed by atoms with Crippen molar-refractivity contribution in [2.24, 2.45) is 4.99 Å². The third kappa shape index (κ3) is 1.29. The van der Waals surface area contributed by atoms with Crippen molar-refractivity contribution in [1.82, 2.24) is 0 Å². The SMILES string of the molecule is N#CCC(=O)C1=CN=CC1.